The van der Waals surface area contributed by atoms with Crippen LogP contribution in [0.5, 0.6) is 0 Å². The van der Waals surface area contributed by atoms with E-state index < -0.39 is 0 Å². The number of nitrogens with two attached hydrogens (primary N) is 1. The van der Waals surface area contributed by atoms with Crippen molar-refractivity contribution in [2.45, 2.75) is 18.8 Å². The lowest BCUT2D eigenvalue weighted by atomic mass is 9.92. The van der Waals surface area contributed by atoms with Crippen LogP contribution in [0.2, 0.25) is 0 Å². The molecule has 16 heavy (non-hydrogen) atoms. The number of nitrogens with one attached hydrogen (secondary N) is 1. The molecule has 0 bridgehead atoms. The normalized spacial score (nSPS) is 21.4. The Labute approximate surface area is 94.5 Å². The zero-order valence-electron chi connectivity index (χ0n) is 9.19. The molecule has 4 heteroatoms. The van der Waals surface area contributed by atoms with E-state index in [1.165, 1.54) is 18.4 Å². The molecule has 1 aliphatic rings. The summed E-state index contributed by atoms with van der Waals surface area (Å²) in [6.45, 7) is 2.18. The van der Waals surface area contributed by atoms with Crippen molar-refractivity contribution in [3.63, 3.8) is 0 Å². The largest absolute Gasteiger partial charge is 0.385 e. The van der Waals surface area contributed by atoms with Crippen LogP contribution in [0.15, 0.2) is 24.5 Å². The van der Waals surface area contributed by atoms with Gasteiger partial charge in [0.05, 0.1) is 0 Å². The van der Waals surface area contributed by atoms with Crippen LogP contribution in [-0.4, -0.2) is 22.5 Å². The number of anilines is 1. The van der Waals surface area contributed by atoms with Gasteiger partial charge in [0.15, 0.2) is 0 Å². The Hall–Kier alpha value is -1.55. The van der Waals surface area contributed by atoms with Crippen molar-refractivity contribution in [2.24, 2.45) is 0 Å². The van der Waals surface area contributed by atoms with E-state index in [-0.39, 0.29) is 0 Å². The Morgan fingerprint density at radius 1 is 1.44 bits per heavy atom. The van der Waals surface area contributed by atoms with E-state index in [1.807, 2.05) is 22.9 Å². The summed E-state index contributed by atoms with van der Waals surface area (Å²) in [5.41, 5.74) is 8.23. The Morgan fingerprint density at radius 3 is 3.19 bits per heavy atom. The summed E-state index contributed by atoms with van der Waals surface area (Å²) in [6, 6.07) is 4.09. The summed E-state index contributed by atoms with van der Waals surface area (Å²) in [7, 11) is 0. The molecular weight excluding hydrogens is 200 g/mol. The van der Waals surface area contributed by atoms with Crippen LogP contribution in [0.1, 0.15) is 24.3 Å². The van der Waals surface area contributed by atoms with Crippen molar-refractivity contribution in [1.29, 1.82) is 0 Å². The molecule has 3 rings (SSSR count). The number of hydrogen-bond donors (Lipinski definition) is 2. The standard InChI is InChI=1S/C12H16N4/c13-11-4-3-10(9-2-1-5-14-8-9)12-15-6-7-16(11)12/h3-4,6-7,9,14H,1-2,5,8,13H2/t9-/m1/s1. The molecule has 0 aromatic carbocycles. The van der Waals surface area contributed by atoms with Crippen LogP contribution >= 0.6 is 0 Å². The molecular formula is C12H16N4. The third kappa shape index (κ3) is 1.46. The lowest BCUT2D eigenvalue weighted by Gasteiger charge is -2.23. The molecule has 0 radical (unpaired) electrons. The minimum absolute atomic E-state index is 0.569. The van der Waals surface area contributed by atoms with Crippen LogP contribution in [0.4, 0.5) is 5.82 Å². The van der Waals surface area contributed by atoms with E-state index in [2.05, 4.69) is 16.4 Å². The molecule has 4 nitrogen and oxygen atoms in total. The number of rotatable bonds is 1. The Kier molecular flexibility index (Phi) is 2.29. The van der Waals surface area contributed by atoms with E-state index in [0.29, 0.717) is 5.92 Å². The Morgan fingerprint density at radius 2 is 2.38 bits per heavy atom. The van der Waals surface area contributed by atoms with Gasteiger partial charge in [0.2, 0.25) is 0 Å². The summed E-state index contributed by atoms with van der Waals surface area (Å²) in [4.78, 5) is 4.41. The maximum absolute atomic E-state index is 5.91. The molecule has 2 aromatic rings. The Balaban J connectivity index is 2.08. The van der Waals surface area contributed by atoms with Crippen molar-refractivity contribution in [2.75, 3.05) is 18.8 Å². The van der Waals surface area contributed by atoms with Gasteiger partial charge in [-0.25, -0.2) is 4.98 Å². The van der Waals surface area contributed by atoms with E-state index in [0.717, 1.165) is 24.6 Å². The molecule has 0 aliphatic carbocycles. The first-order chi connectivity index (χ1) is 7.86. The fourth-order valence-electron chi connectivity index (χ4n) is 2.49. The highest BCUT2D eigenvalue weighted by Crippen LogP contribution is 2.27. The zero-order chi connectivity index (χ0) is 11.0. The van der Waals surface area contributed by atoms with Crippen LogP contribution in [0.3, 0.4) is 0 Å². The lowest BCUT2D eigenvalue weighted by Crippen LogP contribution is -2.28. The number of imidazole rings is 1. The highest BCUT2D eigenvalue weighted by atomic mass is 15.0. The van der Waals surface area contributed by atoms with Gasteiger partial charge in [0.25, 0.3) is 0 Å². The first-order valence-electron chi connectivity index (χ1n) is 5.78. The molecule has 3 heterocycles. The molecule has 1 fully saturated rings. The number of pyridine rings is 1. The second kappa shape index (κ2) is 3.79. The highest BCUT2D eigenvalue weighted by Gasteiger charge is 2.18. The van der Waals surface area contributed by atoms with E-state index in [9.17, 15) is 0 Å². The molecule has 0 saturated carbocycles. The average Bonchev–Trinajstić information content (AvgIpc) is 2.81. The second-order valence-corrected chi connectivity index (χ2v) is 4.38. The summed E-state index contributed by atoms with van der Waals surface area (Å²) < 4.78 is 1.96. The molecule has 0 spiro atoms. The van der Waals surface area contributed by atoms with Gasteiger partial charge < -0.3 is 11.1 Å². The molecule has 84 valence electrons. The molecule has 1 aliphatic heterocycles. The number of hydrogen-bond acceptors (Lipinski definition) is 3. The predicted octanol–water partition coefficient (Wildman–Crippen LogP) is 1.38. The third-order valence-corrected chi connectivity index (χ3v) is 3.35. The minimum atomic E-state index is 0.569. The van der Waals surface area contributed by atoms with Crippen molar-refractivity contribution in [1.82, 2.24) is 14.7 Å². The maximum atomic E-state index is 5.91. The number of piperidine rings is 1. The summed E-state index contributed by atoms with van der Waals surface area (Å²) in [5.74, 6) is 1.32. The van der Waals surface area contributed by atoms with Gasteiger partial charge >= 0.3 is 0 Å². The summed E-state index contributed by atoms with van der Waals surface area (Å²) >= 11 is 0. The quantitative estimate of drug-likeness (QED) is 0.757. The highest BCUT2D eigenvalue weighted by molar-refractivity contribution is 5.56. The van der Waals surface area contributed by atoms with Crippen LogP contribution in [0, 0.1) is 0 Å². The van der Waals surface area contributed by atoms with Gasteiger partial charge in [-0.2, -0.15) is 0 Å². The van der Waals surface area contributed by atoms with Gasteiger partial charge in [-0.15, -0.1) is 0 Å². The fraction of sp³-hybridized carbons (Fsp3) is 0.417. The number of aromatic nitrogens is 2. The third-order valence-electron chi connectivity index (χ3n) is 3.35. The molecule has 3 N–H and O–H groups in total. The van der Waals surface area contributed by atoms with E-state index >= 15 is 0 Å². The SMILES string of the molecule is Nc1ccc([C@@H]2CCCNC2)c2nccn12. The monoisotopic (exact) mass is 216 g/mol. The summed E-state index contributed by atoms with van der Waals surface area (Å²) in [5, 5.41) is 3.44. The molecule has 2 aromatic heterocycles. The molecule has 0 unspecified atom stereocenters. The van der Waals surface area contributed by atoms with E-state index in [1.54, 1.807) is 0 Å². The van der Waals surface area contributed by atoms with Crippen molar-refractivity contribution in [3.8, 4) is 0 Å². The zero-order valence-corrected chi connectivity index (χ0v) is 9.19. The minimum Gasteiger partial charge on any atom is -0.385 e. The smallest absolute Gasteiger partial charge is 0.141 e. The van der Waals surface area contributed by atoms with Crippen molar-refractivity contribution in [3.05, 3.63) is 30.1 Å². The van der Waals surface area contributed by atoms with Crippen molar-refractivity contribution < 1.29 is 0 Å². The van der Waals surface area contributed by atoms with Crippen LogP contribution < -0.4 is 11.1 Å². The number of nitrogens with zero attached hydrogens (tertiary/aromatic N) is 2. The molecule has 1 atom stereocenters. The van der Waals surface area contributed by atoms with Gasteiger partial charge in [0, 0.05) is 24.9 Å². The van der Waals surface area contributed by atoms with Crippen molar-refractivity contribution >= 4 is 11.5 Å². The Bertz CT molecular complexity index is 497. The van der Waals surface area contributed by atoms with E-state index in [4.69, 9.17) is 5.73 Å². The van der Waals surface area contributed by atoms with Crippen LogP contribution in [0.25, 0.3) is 5.65 Å². The van der Waals surface area contributed by atoms with Gasteiger partial charge in [0.1, 0.15) is 11.5 Å². The van der Waals surface area contributed by atoms with Gasteiger partial charge in [-0.3, -0.25) is 4.40 Å². The predicted molar refractivity (Wildman–Crippen MR) is 64.4 cm³/mol. The first kappa shape index (κ1) is 9.66. The molecule has 1 saturated heterocycles. The topological polar surface area (TPSA) is 55.3 Å². The van der Waals surface area contributed by atoms with Crippen LogP contribution in [-0.2, 0) is 0 Å². The van der Waals surface area contributed by atoms with Gasteiger partial charge in [-0.1, -0.05) is 6.07 Å². The second-order valence-electron chi connectivity index (χ2n) is 4.38. The maximum Gasteiger partial charge on any atom is 0.141 e. The first-order valence-corrected chi connectivity index (χ1v) is 5.78. The number of nitrogen functional groups attached to an aromatic ring is 1. The number of fused-ring (bicyclic) bond motifs is 1. The fourth-order valence-corrected chi connectivity index (χ4v) is 2.49. The van der Waals surface area contributed by atoms with Gasteiger partial charge in [-0.05, 0) is 31.0 Å². The lowest BCUT2D eigenvalue weighted by molar-refractivity contribution is 0.462. The average molecular weight is 216 g/mol. The summed E-state index contributed by atoms with van der Waals surface area (Å²) in [6.07, 6.45) is 6.21. The molecule has 0 amide bonds.